The van der Waals surface area contributed by atoms with Crippen LogP contribution in [0.5, 0.6) is 0 Å². The van der Waals surface area contributed by atoms with E-state index in [1.165, 1.54) is 0 Å². The minimum absolute atomic E-state index is 0.105. The lowest BCUT2D eigenvalue weighted by Gasteiger charge is -2.38. The average Bonchev–Trinajstić information content (AvgIpc) is 2.66. The minimum atomic E-state index is -0.404. The van der Waals surface area contributed by atoms with E-state index in [4.69, 9.17) is 4.98 Å². The number of ketones is 1. The van der Waals surface area contributed by atoms with Crippen molar-refractivity contribution < 1.29 is 4.79 Å². The maximum absolute atomic E-state index is 13.2. The summed E-state index contributed by atoms with van der Waals surface area (Å²) in [7, 11) is 0. The first-order valence-electron chi connectivity index (χ1n) is 10.3. The van der Waals surface area contributed by atoms with E-state index < -0.39 is 5.92 Å². The highest BCUT2D eigenvalue weighted by molar-refractivity contribution is 9.10. The van der Waals surface area contributed by atoms with Gasteiger partial charge in [-0.25, -0.2) is 4.98 Å². The number of halogens is 1. The molecule has 0 unspecified atom stereocenters. The highest BCUT2D eigenvalue weighted by atomic mass is 79.9. The van der Waals surface area contributed by atoms with Crippen LogP contribution in [0.1, 0.15) is 63.5 Å². The molecule has 2 aliphatic rings. The van der Waals surface area contributed by atoms with Crippen molar-refractivity contribution in [2.45, 2.75) is 57.5 Å². The number of carbonyl (C=O) groups excluding carboxylic acids is 1. The fourth-order valence-corrected chi connectivity index (χ4v) is 5.47. The highest BCUT2D eigenvalue weighted by Crippen LogP contribution is 2.47. The first-order valence-corrected chi connectivity index (χ1v) is 12.1. The summed E-state index contributed by atoms with van der Waals surface area (Å²) < 4.78 is 0.959. The van der Waals surface area contributed by atoms with Gasteiger partial charge in [0.1, 0.15) is 5.82 Å². The molecule has 2 heterocycles. The van der Waals surface area contributed by atoms with Gasteiger partial charge in [-0.2, -0.15) is 0 Å². The Hall–Kier alpha value is -1.86. The molecule has 1 aromatic carbocycles. The number of nitrogens with zero attached hydrogens (tertiary/aromatic N) is 1. The molecule has 0 saturated carbocycles. The van der Waals surface area contributed by atoms with E-state index in [0.717, 1.165) is 40.7 Å². The molecule has 7 heteroatoms. The van der Waals surface area contributed by atoms with E-state index in [-0.39, 0.29) is 16.8 Å². The van der Waals surface area contributed by atoms with E-state index in [2.05, 4.69) is 47.0 Å². The molecule has 5 nitrogen and oxygen atoms in total. The summed E-state index contributed by atoms with van der Waals surface area (Å²) in [5, 5.41) is 4.00. The number of rotatable bonds is 5. The topological polar surface area (TPSA) is 74.8 Å². The fourth-order valence-electron chi connectivity index (χ4n) is 4.26. The van der Waals surface area contributed by atoms with Crippen molar-refractivity contribution in [2.24, 2.45) is 5.41 Å². The highest BCUT2D eigenvalue weighted by Gasteiger charge is 2.42. The van der Waals surface area contributed by atoms with E-state index in [1.807, 2.05) is 24.3 Å². The second-order valence-corrected chi connectivity index (χ2v) is 10.8. The molecule has 0 spiro atoms. The monoisotopic (exact) mass is 487 g/mol. The molecule has 0 radical (unpaired) electrons. The van der Waals surface area contributed by atoms with Crippen molar-refractivity contribution in [1.82, 2.24) is 9.97 Å². The number of hydrogen-bond donors (Lipinski definition) is 2. The van der Waals surface area contributed by atoms with Crippen LogP contribution in [0.3, 0.4) is 0 Å². The van der Waals surface area contributed by atoms with Crippen molar-refractivity contribution in [3.05, 3.63) is 61.5 Å². The number of thioether (sulfide) groups is 1. The summed E-state index contributed by atoms with van der Waals surface area (Å²) in [6.45, 7) is 6.36. The number of unbranched alkanes of at least 4 members (excludes halogenated alkanes) is 1. The molecule has 0 saturated heterocycles. The van der Waals surface area contributed by atoms with Gasteiger partial charge in [0.25, 0.3) is 5.56 Å². The van der Waals surface area contributed by atoms with Crippen LogP contribution in [-0.4, -0.2) is 21.5 Å². The molecule has 0 bridgehead atoms. The van der Waals surface area contributed by atoms with Crippen molar-refractivity contribution in [3.63, 3.8) is 0 Å². The van der Waals surface area contributed by atoms with Gasteiger partial charge in [0, 0.05) is 33.8 Å². The number of anilines is 1. The van der Waals surface area contributed by atoms with Crippen LogP contribution in [0.15, 0.2) is 50.0 Å². The molecule has 1 atom stereocenters. The maximum Gasteiger partial charge on any atom is 0.257 e. The summed E-state index contributed by atoms with van der Waals surface area (Å²) in [5.41, 5.74) is 2.78. The van der Waals surface area contributed by atoms with Crippen molar-refractivity contribution in [3.8, 4) is 0 Å². The molecule has 1 aromatic heterocycles. The van der Waals surface area contributed by atoms with Crippen molar-refractivity contribution in [1.29, 1.82) is 0 Å². The molecule has 158 valence electrons. The molecule has 4 rings (SSSR count). The van der Waals surface area contributed by atoms with E-state index in [9.17, 15) is 9.59 Å². The minimum Gasteiger partial charge on any atom is -0.343 e. The number of aromatic nitrogens is 2. The smallest absolute Gasteiger partial charge is 0.257 e. The quantitative estimate of drug-likeness (QED) is 0.324. The Morgan fingerprint density at radius 3 is 2.63 bits per heavy atom. The fraction of sp³-hybridized carbons (Fsp3) is 0.435. The Morgan fingerprint density at radius 1 is 1.20 bits per heavy atom. The van der Waals surface area contributed by atoms with Crippen molar-refractivity contribution in [2.75, 3.05) is 11.1 Å². The lowest BCUT2D eigenvalue weighted by Crippen LogP contribution is -2.37. The van der Waals surface area contributed by atoms with Crippen LogP contribution in [0.25, 0.3) is 0 Å². The Balaban J connectivity index is 1.86. The van der Waals surface area contributed by atoms with Gasteiger partial charge in [0.05, 0.1) is 5.56 Å². The van der Waals surface area contributed by atoms with Gasteiger partial charge in [-0.1, -0.05) is 67.0 Å². The summed E-state index contributed by atoms with van der Waals surface area (Å²) in [5.74, 6) is 1.19. The zero-order valence-corrected chi connectivity index (χ0v) is 19.9. The molecule has 1 aliphatic heterocycles. The number of allylic oxidation sites excluding steroid dienone is 2. The Labute approximate surface area is 189 Å². The third-order valence-corrected chi connectivity index (χ3v) is 7.13. The summed E-state index contributed by atoms with van der Waals surface area (Å²) >= 11 is 5.04. The number of benzene rings is 1. The standard InChI is InChI=1S/C23H26BrN3O2S/c1-4-5-10-30-22-26-20-19(21(29)27-22)17(13-6-8-14(24)9-7-13)18-15(25-20)11-23(2,3)12-16(18)28/h6-9,17H,4-5,10-12H2,1-3H3,(H2,25,26,27,29)/t17-/m1/s1. The van der Waals surface area contributed by atoms with Gasteiger partial charge in [0.15, 0.2) is 10.9 Å². The van der Waals surface area contributed by atoms with Gasteiger partial charge in [-0.3, -0.25) is 9.59 Å². The SMILES string of the molecule is CCCCSc1nc2c(c(=O)[nH]1)[C@H](c1ccc(Br)cc1)C1=C(CC(C)(C)CC1=O)N2. The molecular formula is C23H26BrN3O2S. The zero-order valence-electron chi connectivity index (χ0n) is 17.5. The first kappa shape index (κ1) is 21.4. The third-order valence-electron chi connectivity index (χ3n) is 5.64. The lowest BCUT2D eigenvalue weighted by molar-refractivity contribution is -0.118. The van der Waals surface area contributed by atoms with E-state index in [0.29, 0.717) is 28.5 Å². The molecule has 1 aliphatic carbocycles. The molecule has 0 amide bonds. The number of hydrogen-bond acceptors (Lipinski definition) is 5. The predicted molar refractivity (Wildman–Crippen MR) is 125 cm³/mol. The van der Waals surface area contributed by atoms with Gasteiger partial charge >= 0.3 is 0 Å². The van der Waals surface area contributed by atoms with E-state index >= 15 is 0 Å². The Morgan fingerprint density at radius 2 is 1.93 bits per heavy atom. The Bertz CT molecular complexity index is 1070. The number of H-pyrrole nitrogens is 1. The van der Waals surface area contributed by atoms with Gasteiger partial charge < -0.3 is 10.3 Å². The summed E-state index contributed by atoms with van der Waals surface area (Å²) in [4.78, 5) is 34.1. The predicted octanol–water partition coefficient (Wildman–Crippen LogP) is 5.63. The largest absolute Gasteiger partial charge is 0.343 e. The molecule has 2 N–H and O–H groups in total. The van der Waals surface area contributed by atoms with E-state index in [1.54, 1.807) is 11.8 Å². The summed E-state index contributed by atoms with van der Waals surface area (Å²) in [6.07, 6.45) is 3.40. The third kappa shape index (κ3) is 4.14. The number of nitrogens with one attached hydrogen (secondary N) is 2. The normalized spacial score (nSPS) is 19.9. The van der Waals surface area contributed by atoms with Crippen LogP contribution < -0.4 is 10.9 Å². The number of fused-ring (bicyclic) bond motifs is 1. The zero-order chi connectivity index (χ0) is 21.5. The first-order chi connectivity index (χ1) is 14.3. The molecular weight excluding hydrogens is 462 g/mol. The second kappa shape index (κ2) is 8.35. The second-order valence-electron chi connectivity index (χ2n) is 8.78. The van der Waals surface area contributed by atoms with Crippen LogP contribution in [0.2, 0.25) is 0 Å². The molecule has 0 fully saturated rings. The number of aromatic amines is 1. The average molecular weight is 488 g/mol. The van der Waals surface area contributed by atoms with Gasteiger partial charge in [-0.05, 0) is 36.0 Å². The van der Waals surface area contributed by atoms with Crippen molar-refractivity contribution >= 4 is 39.3 Å². The molecule has 2 aromatic rings. The van der Waals surface area contributed by atoms with Gasteiger partial charge in [0.2, 0.25) is 0 Å². The summed E-state index contributed by atoms with van der Waals surface area (Å²) in [6, 6.07) is 7.85. The van der Waals surface area contributed by atoms with Gasteiger partial charge in [-0.15, -0.1) is 0 Å². The van der Waals surface area contributed by atoms with Crippen LogP contribution in [-0.2, 0) is 4.79 Å². The lowest BCUT2D eigenvalue weighted by atomic mass is 9.69. The Kier molecular flexibility index (Phi) is 5.95. The number of Topliss-reactive ketones (excluding diaryl/α,β-unsaturated/α-hetero) is 1. The van der Waals surface area contributed by atoms with Crippen LogP contribution in [0, 0.1) is 5.41 Å². The van der Waals surface area contributed by atoms with Crippen LogP contribution >= 0.6 is 27.7 Å². The number of carbonyl (C=O) groups is 1. The van der Waals surface area contributed by atoms with Crippen LogP contribution in [0.4, 0.5) is 5.82 Å². The maximum atomic E-state index is 13.2. The molecule has 30 heavy (non-hydrogen) atoms.